The lowest BCUT2D eigenvalue weighted by atomic mass is 10.1. The van der Waals surface area contributed by atoms with E-state index >= 15 is 0 Å². The number of aromatic amines is 1. The number of hydrogen-bond donors (Lipinski definition) is 2. The number of anilines is 1. The van der Waals surface area contributed by atoms with E-state index in [0.29, 0.717) is 24.6 Å². The van der Waals surface area contributed by atoms with Crippen LogP contribution in [0.25, 0.3) is 11.3 Å². The predicted octanol–water partition coefficient (Wildman–Crippen LogP) is 0.949. The first-order valence-electron chi connectivity index (χ1n) is 7.27. The zero-order valence-electron chi connectivity index (χ0n) is 12.7. The van der Waals surface area contributed by atoms with E-state index in [1.807, 2.05) is 6.92 Å². The van der Waals surface area contributed by atoms with Crippen molar-refractivity contribution in [1.29, 1.82) is 0 Å². The molecule has 3 heterocycles. The number of amides is 1. The third kappa shape index (κ3) is 3.13. The van der Waals surface area contributed by atoms with Crippen molar-refractivity contribution < 1.29 is 4.79 Å². The highest BCUT2D eigenvalue weighted by molar-refractivity contribution is 5.87. The third-order valence-electron chi connectivity index (χ3n) is 3.70. The number of hydrogen-bond acceptors (Lipinski definition) is 5. The molecule has 118 valence electrons. The first-order valence-corrected chi connectivity index (χ1v) is 7.27. The minimum Gasteiger partial charge on any atom is -0.374 e. The van der Waals surface area contributed by atoms with Gasteiger partial charge in [-0.15, -0.1) is 0 Å². The Morgan fingerprint density at radius 1 is 1.52 bits per heavy atom. The van der Waals surface area contributed by atoms with Crippen molar-refractivity contribution in [1.82, 2.24) is 19.9 Å². The smallest absolute Gasteiger partial charge is 0.271 e. The highest BCUT2D eigenvalue weighted by Gasteiger charge is 2.29. The molecule has 2 aromatic rings. The van der Waals surface area contributed by atoms with Crippen LogP contribution in [-0.4, -0.2) is 44.9 Å². The Bertz CT molecular complexity index is 808. The number of carbonyl (C=O) groups excluding carboxylic acids is 1. The lowest BCUT2D eigenvalue weighted by molar-refractivity contribution is -0.129. The summed E-state index contributed by atoms with van der Waals surface area (Å²) in [6, 6.07) is 3.61. The predicted molar refractivity (Wildman–Crippen MR) is 87.0 cm³/mol. The van der Waals surface area contributed by atoms with E-state index in [9.17, 15) is 9.59 Å². The molecule has 2 N–H and O–H groups in total. The minimum absolute atomic E-state index is 0.0578. The van der Waals surface area contributed by atoms with Gasteiger partial charge in [0.2, 0.25) is 5.91 Å². The van der Waals surface area contributed by atoms with Crippen molar-refractivity contribution in [3.63, 3.8) is 0 Å². The number of aryl methyl sites for hydroxylation is 1. The number of aromatic nitrogens is 3. The van der Waals surface area contributed by atoms with E-state index in [0.717, 1.165) is 11.3 Å². The lowest BCUT2D eigenvalue weighted by Gasteiger charge is -2.39. The monoisotopic (exact) mass is 311 g/mol. The fourth-order valence-corrected chi connectivity index (χ4v) is 2.45. The Labute approximate surface area is 133 Å². The second-order valence-electron chi connectivity index (χ2n) is 5.41. The topological polar surface area (TPSA) is 91.0 Å². The summed E-state index contributed by atoms with van der Waals surface area (Å²) in [6.45, 7) is 6.39. The van der Waals surface area contributed by atoms with E-state index < -0.39 is 0 Å². The Kier molecular flexibility index (Phi) is 3.92. The quantitative estimate of drug-likeness (QED) is 0.820. The first-order chi connectivity index (χ1) is 11.1. The Hall–Kier alpha value is -2.96. The van der Waals surface area contributed by atoms with Gasteiger partial charge in [0.25, 0.3) is 5.56 Å². The van der Waals surface area contributed by atoms with Crippen molar-refractivity contribution in [2.24, 2.45) is 0 Å². The van der Waals surface area contributed by atoms with Crippen LogP contribution in [0.1, 0.15) is 5.82 Å². The van der Waals surface area contributed by atoms with Crippen molar-refractivity contribution in [2.75, 3.05) is 18.4 Å². The van der Waals surface area contributed by atoms with Gasteiger partial charge in [0, 0.05) is 31.0 Å². The molecule has 1 aliphatic rings. The summed E-state index contributed by atoms with van der Waals surface area (Å²) in [7, 11) is 0. The summed E-state index contributed by atoms with van der Waals surface area (Å²) in [5.74, 6) is 0.572. The third-order valence-corrected chi connectivity index (χ3v) is 3.70. The summed E-state index contributed by atoms with van der Waals surface area (Å²) in [5.41, 5.74) is 1.81. The number of H-pyrrole nitrogens is 1. The molecule has 0 unspecified atom stereocenters. The van der Waals surface area contributed by atoms with Crippen LogP contribution in [-0.2, 0) is 4.79 Å². The molecule has 3 rings (SSSR count). The van der Waals surface area contributed by atoms with Gasteiger partial charge in [-0.3, -0.25) is 9.59 Å². The number of carbonyl (C=O) groups is 1. The molecule has 0 radical (unpaired) electrons. The molecular formula is C16H17N5O2. The number of nitrogens with one attached hydrogen (secondary N) is 2. The highest BCUT2D eigenvalue weighted by Crippen LogP contribution is 2.19. The standard InChI is InChI=1S/C16H17N5O2/c1-3-15(22)21-8-12(9-21)20-14-6-11(7-18-16(14)23)13-4-5-17-10(2)19-13/h3-7,12,20H,1,8-9H2,2H3,(H,18,23). The maximum atomic E-state index is 12.0. The number of rotatable bonds is 4. The molecule has 1 aliphatic heterocycles. The molecule has 2 aromatic heterocycles. The van der Waals surface area contributed by atoms with Crippen LogP contribution in [0.3, 0.4) is 0 Å². The number of pyridine rings is 1. The Morgan fingerprint density at radius 2 is 2.30 bits per heavy atom. The molecule has 0 saturated carbocycles. The van der Waals surface area contributed by atoms with Crippen molar-refractivity contribution in [2.45, 2.75) is 13.0 Å². The van der Waals surface area contributed by atoms with E-state index in [2.05, 4.69) is 26.8 Å². The zero-order valence-corrected chi connectivity index (χ0v) is 12.7. The summed E-state index contributed by atoms with van der Waals surface area (Å²) in [6.07, 6.45) is 4.60. The van der Waals surface area contributed by atoms with Gasteiger partial charge in [0.15, 0.2) is 0 Å². The fourth-order valence-electron chi connectivity index (χ4n) is 2.45. The van der Waals surface area contributed by atoms with Crippen LogP contribution in [0.2, 0.25) is 0 Å². The summed E-state index contributed by atoms with van der Waals surface area (Å²) < 4.78 is 0. The van der Waals surface area contributed by atoms with Crippen molar-refractivity contribution >= 4 is 11.6 Å². The molecule has 0 spiro atoms. The molecule has 0 atom stereocenters. The molecule has 7 heteroatoms. The fraction of sp³-hybridized carbons (Fsp3) is 0.250. The van der Waals surface area contributed by atoms with Crippen LogP contribution < -0.4 is 10.9 Å². The molecule has 23 heavy (non-hydrogen) atoms. The highest BCUT2D eigenvalue weighted by atomic mass is 16.2. The summed E-state index contributed by atoms with van der Waals surface area (Å²) in [5, 5.41) is 3.17. The van der Waals surface area contributed by atoms with E-state index in [1.54, 1.807) is 29.4 Å². The average Bonchev–Trinajstić information content (AvgIpc) is 2.51. The van der Waals surface area contributed by atoms with Gasteiger partial charge in [0.05, 0.1) is 11.7 Å². The number of nitrogens with zero attached hydrogens (tertiary/aromatic N) is 3. The molecule has 0 aliphatic carbocycles. The molecule has 1 saturated heterocycles. The van der Waals surface area contributed by atoms with Crippen LogP contribution in [0, 0.1) is 6.92 Å². The van der Waals surface area contributed by atoms with Crippen LogP contribution >= 0.6 is 0 Å². The van der Waals surface area contributed by atoms with E-state index in [-0.39, 0.29) is 17.5 Å². The average molecular weight is 311 g/mol. The van der Waals surface area contributed by atoms with Gasteiger partial charge in [-0.2, -0.15) is 0 Å². The Morgan fingerprint density at radius 3 is 3.00 bits per heavy atom. The maximum absolute atomic E-state index is 12.0. The molecule has 0 bridgehead atoms. The van der Waals surface area contributed by atoms with Crippen LogP contribution in [0.5, 0.6) is 0 Å². The zero-order chi connectivity index (χ0) is 16.4. The van der Waals surface area contributed by atoms with Gasteiger partial charge in [-0.1, -0.05) is 6.58 Å². The van der Waals surface area contributed by atoms with Gasteiger partial charge in [-0.25, -0.2) is 9.97 Å². The van der Waals surface area contributed by atoms with Gasteiger partial charge in [0.1, 0.15) is 11.5 Å². The number of likely N-dealkylation sites (tertiary alicyclic amines) is 1. The lowest BCUT2D eigenvalue weighted by Crippen LogP contribution is -2.56. The van der Waals surface area contributed by atoms with Crippen molar-refractivity contribution in [3.8, 4) is 11.3 Å². The minimum atomic E-state index is -0.201. The van der Waals surface area contributed by atoms with Crippen molar-refractivity contribution in [3.05, 3.63) is 53.4 Å². The largest absolute Gasteiger partial charge is 0.374 e. The molecular weight excluding hydrogens is 294 g/mol. The Balaban J connectivity index is 1.76. The van der Waals surface area contributed by atoms with Crippen LogP contribution in [0.15, 0.2) is 42.0 Å². The summed E-state index contributed by atoms with van der Waals surface area (Å²) >= 11 is 0. The molecule has 1 fully saturated rings. The van der Waals surface area contributed by atoms with Gasteiger partial charge >= 0.3 is 0 Å². The molecule has 7 nitrogen and oxygen atoms in total. The van der Waals surface area contributed by atoms with E-state index in [4.69, 9.17) is 0 Å². The van der Waals surface area contributed by atoms with Gasteiger partial charge < -0.3 is 15.2 Å². The van der Waals surface area contributed by atoms with Gasteiger partial charge in [-0.05, 0) is 25.1 Å². The second-order valence-corrected chi connectivity index (χ2v) is 5.41. The normalized spacial score (nSPS) is 14.2. The van der Waals surface area contributed by atoms with Crippen LogP contribution in [0.4, 0.5) is 5.69 Å². The second kappa shape index (κ2) is 6.04. The molecule has 1 amide bonds. The van der Waals surface area contributed by atoms with E-state index in [1.165, 1.54) is 6.08 Å². The SMILES string of the molecule is C=CC(=O)N1CC(Nc2cc(-c3ccnc(C)n3)c[nH]c2=O)C1. The first kappa shape index (κ1) is 15.0. The summed E-state index contributed by atoms with van der Waals surface area (Å²) in [4.78, 5) is 36.2. The maximum Gasteiger partial charge on any atom is 0.271 e. The molecule has 0 aromatic carbocycles.